The van der Waals surface area contributed by atoms with Gasteiger partial charge in [0.15, 0.2) is 6.10 Å². The van der Waals surface area contributed by atoms with E-state index in [-0.39, 0.29) is 0 Å². The van der Waals surface area contributed by atoms with Crippen molar-refractivity contribution >= 4 is 12.0 Å². The Balaban J connectivity index is 2.88. The van der Waals surface area contributed by atoms with Crippen molar-refractivity contribution in [3.63, 3.8) is 0 Å². The highest BCUT2D eigenvalue weighted by molar-refractivity contribution is 5.78. The second-order valence-corrected chi connectivity index (χ2v) is 3.20. The fourth-order valence-corrected chi connectivity index (χ4v) is 1.15. The van der Waals surface area contributed by atoms with Crippen LogP contribution in [0.3, 0.4) is 0 Å². The molecule has 1 atom stereocenters. The standard InChI is InChI=1S/C12H15NO2/c1-3-6-10-7-4-5-8-11(10)15-9(2)12(13)14/h3-9H,1-2H3,(H2,13,14)/b6-3+. The molecule has 0 aliphatic rings. The second-order valence-electron chi connectivity index (χ2n) is 3.20. The molecular weight excluding hydrogens is 190 g/mol. The number of amides is 1. The van der Waals surface area contributed by atoms with Crippen molar-refractivity contribution in [1.82, 2.24) is 0 Å². The topological polar surface area (TPSA) is 52.3 Å². The van der Waals surface area contributed by atoms with Crippen LogP contribution < -0.4 is 10.5 Å². The number of hydrogen-bond donors (Lipinski definition) is 1. The van der Waals surface area contributed by atoms with Gasteiger partial charge in [0.25, 0.3) is 5.91 Å². The molecule has 1 unspecified atom stereocenters. The largest absolute Gasteiger partial charge is 0.480 e. The van der Waals surface area contributed by atoms with Gasteiger partial charge in [-0.1, -0.05) is 30.4 Å². The van der Waals surface area contributed by atoms with Crippen molar-refractivity contribution in [2.24, 2.45) is 5.73 Å². The predicted octanol–water partition coefficient (Wildman–Crippen LogP) is 1.97. The highest BCUT2D eigenvalue weighted by atomic mass is 16.5. The third kappa shape index (κ3) is 3.13. The summed E-state index contributed by atoms with van der Waals surface area (Å²) in [6.45, 7) is 3.56. The van der Waals surface area contributed by atoms with Gasteiger partial charge in [0.05, 0.1) is 0 Å². The average Bonchev–Trinajstić information content (AvgIpc) is 2.21. The lowest BCUT2D eigenvalue weighted by molar-refractivity contribution is -0.123. The number of rotatable bonds is 4. The van der Waals surface area contributed by atoms with E-state index in [1.165, 1.54) is 0 Å². The fourth-order valence-electron chi connectivity index (χ4n) is 1.15. The van der Waals surface area contributed by atoms with Crippen LogP contribution in [0.2, 0.25) is 0 Å². The van der Waals surface area contributed by atoms with Crippen LogP contribution in [0.4, 0.5) is 0 Å². The maximum Gasteiger partial charge on any atom is 0.258 e. The number of hydrogen-bond acceptors (Lipinski definition) is 2. The van der Waals surface area contributed by atoms with Crippen LogP contribution in [-0.4, -0.2) is 12.0 Å². The summed E-state index contributed by atoms with van der Waals surface area (Å²) in [4.78, 5) is 10.9. The van der Waals surface area contributed by atoms with Crippen LogP contribution in [-0.2, 0) is 4.79 Å². The maximum absolute atomic E-state index is 10.9. The van der Waals surface area contributed by atoms with E-state index in [9.17, 15) is 4.79 Å². The molecule has 15 heavy (non-hydrogen) atoms. The molecule has 80 valence electrons. The first-order valence-corrected chi connectivity index (χ1v) is 4.83. The van der Waals surface area contributed by atoms with E-state index in [1.54, 1.807) is 6.92 Å². The van der Waals surface area contributed by atoms with Gasteiger partial charge < -0.3 is 10.5 Å². The molecule has 0 aliphatic carbocycles. The molecule has 0 radical (unpaired) electrons. The summed E-state index contributed by atoms with van der Waals surface area (Å²) in [6, 6.07) is 7.50. The Bertz CT molecular complexity index is 372. The highest BCUT2D eigenvalue weighted by Gasteiger charge is 2.11. The van der Waals surface area contributed by atoms with Crippen LogP contribution >= 0.6 is 0 Å². The third-order valence-electron chi connectivity index (χ3n) is 1.97. The zero-order valence-electron chi connectivity index (χ0n) is 8.94. The van der Waals surface area contributed by atoms with E-state index >= 15 is 0 Å². The van der Waals surface area contributed by atoms with Crippen LogP contribution in [0, 0.1) is 0 Å². The molecule has 0 saturated carbocycles. The number of benzene rings is 1. The molecule has 0 aromatic heterocycles. The molecule has 1 amide bonds. The zero-order valence-corrected chi connectivity index (χ0v) is 8.94. The van der Waals surface area contributed by atoms with Crippen LogP contribution in [0.5, 0.6) is 5.75 Å². The number of ether oxygens (including phenoxy) is 1. The Hall–Kier alpha value is -1.77. The van der Waals surface area contributed by atoms with E-state index in [4.69, 9.17) is 10.5 Å². The first-order valence-electron chi connectivity index (χ1n) is 4.83. The van der Waals surface area contributed by atoms with Gasteiger partial charge in [-0.15, -0.1) is 0 Å². The van der Waals surface area contributed by atoms with Gasteiger partial charge >= 0.3 is 0 Å². The molecule has 0 bridgehead atoms. The molecule has 0 aliphatic heterocycles. The van der Waals surface area contributed by atoms with Gasteiger partial charge in [-0.3, -0.25) is 4.79 Å². The molecule has 0 spiro atoms. The molecule has 3 nitrogen and oxygen atoms in total. The summed E-state index contributed by atoms with van der Waals surface area (Å²) in [5.41, 5.74) is 6.06. The minimum atomic E-state index is -0.614. The smallest absolute Gasteiger partial charge is 0.258 e. The number of nitrogens with two attached hydrogens (primary N) is 1. The third-order valence-corrected chi connectivity index (χ3v) is 1.97. The summed E-state index contributed by atoms with van der Waals surface area (Å²) in [6.07, 6.45) is 3.22. The van der Waals surface area contributed by atoms with Crippen molar-refractivity contribution in [2.45, 2.75) is 20.0 Å². The number of carbonyl (C=O) groups excluding carboxylic acids is 1. The number of allylic oxidation sites excluding steroid dienone is 1. The van der Waals surface area contributed by atoms with Gasteiger partial charge in [-0.2, -0.15) is 0 Å². The van der Waals surface area contributed by atoms with E-state index < -0.39 is 12.0 Å². The molecule has 0 saturated heterocycles. The molecule has 0 fully saturated rings. The summed E-state index contributed by atoms with van der Waals surface area (Å²) < 4.78 is 5.43. The monoisotopic (exact) mass is 205 g/mol. The SMILES string of the molecule is C/C=C/c1ccccc1OC(C)C(N)=O. The van der Waals surface area contributed by atoms with Crippen LogP contribution in [0.25, 0.3) is 6.08 Å². The molecule has 2 N–H and O–H groups in total. The molecule has 1 rings (SSSR count). The summed E-state index contributed by atoms with van der Waals surface area (Å²) in [7, 11) is 0. The molecule has 1 aromatic carbocycles. The van der Waals surface area contributed by atoms with E-state index in [0.29, 0.717) is 5.75 Å². The molecular formula is C12H15NO2. The summed E-state index contributed by atoms with van der Waals surface area (Å²) >= 11 is 0. The van der Waals surface area contributed by atoms with Crippen molar-refractivity contribution in [2.75, 3.05) is 0 Å². The summed E-state index contributed by atoms with van der Waals surface area (Å²) in [5.74, 6) is 0.201. The van der Waals surface area contributed by atoms with E-state index in [1.807, 2.05) is 43.3 Å². The van der Waals surface area contributed by atoms with Gasteiger partial charge in [0.2, 0.25) is 0 Å². The normalized spacial score (nSPS) is 12.7. The molecule has 0 heterocycles. The lowest BCUT2D eigenvalue weighted by atomic mass is 10.2. The van der Waals surface area contributed by atoms with Crippen LogP contribution in [0.1, 0.15) is 19.4 Å². The number of primary amides is 1. The highest BCUT2D eigenvalue weighted by Crippen LogP contribution is 2.20. The Morgan fingerprint density at radius 3 is 2.73 bits per heavy atom. The average molecular weight is 205 g/mol. The van der Waals surface area contributed by atoms with Gasteiger partial charge in [0.1, 0.15) is 5.75 Å². The van der Waals surface area contributed by atoms with Crippen LogP contribution in [0.15, 0.2) is 30.3 Å². The number of carbonyl (C=O) groups is 1. The Kier molecular flexibility index (Phi) is 3.92. The predicted molar refractivity (Wildman–Crippen MR) is 60.4 cm³/mol. The quantitative estimate of drug-likeness (QED) is 0.817. The summed E-state index contributed by atoms with van der Waals surface area (Å²) in [5, 5.41) is 0. The minimum absolute atomic E-state index is 0.467. The molecule has 3 heteroatoms. The lowest BCUT2D eigenvalue weighted by Gasteiger charge is -2.13. The Labute approximate surface area is 89.5 Å². The first-order chi connectivity index (χ1) is 7.15. The zero-order chi connectivity index (χ0) is 11.3. The van der Waals surface area contributed by atoms with Crippen molar-refractivity contribution < 1.29 is 9.53 Å². The van der Waals surface area contributed by atoms with Crippen molar-refractivity contribution in [3.8, 4) is 5.75 Å². The lowest BCUT2D eigenvalue weighted by Crippen LogP contribution is -2.30. The number of para-hydroxylation sites is 1. The van der Waals surface area contributed by atoms with E-state index in [0.717, 1.165) is 5.56 Å². The van der Waals surface area contributed by atoms with Crippen molar-refractivity contribution in [3.05, 3.63) is 35.9 Å². The maximum atomic E-state index is 10.9. The van der Waals surface area contributed by atoms with Gasteiger partial charge in [-0.05, 0) is 19.9 Å². The Morgan fingerprint density at radius 2 is 2.13 bits per heavy atom. The Morgan fingerprint density at radius 1 is 1.47 bits per heavy atom. The van der Waals surface area contributed by atoms with Gasteiger partial charge in [-0.25, -0.2) is 0 Å². The fraction of sp³-hybridized carbons (Fsp3) is 0.250. The second kappa shape index (κ2) is 5.20. The van der Waals surface area contributed by atoms with Gasteiger partial charge in [0, 0.05) is 5.56 Å². The van der Waals surface area contributed by atoms with E-state index in [2.05, 4.69) is 0 Å². The minimum Gasteiger partial charge on any atom is -0.480 e. The first kappa shape index (κ1) is 11.3. The molecule has 1 aromatic rings. The van der Waals surface area contributed by atoms with Crippen molar-refractivity contribution in [1.29, 1.82) is 0 Å².